The maximum absolute atomic E-state index is 5.61. The summed E-state index contributed by atoms with van der Waals surface area (Å²) in [5.41, 5.74) is 1.13. The average Bonchev–Trinajstić information content (AvgIpc) is 2.85. The van der Waals surface area contributed by atoms with Crippen LogP contribution in [0.5, 0.6) is 5.88 Å². The Balaban J connectivity index is 1.84. The second-order valence-corrected chi connectivity index (χ2v) is 5.00. The summed E-state index contributed by atoms with van der Waals surface area (Å²) in [5, 5.41) is 3.95. The molecule has 0 amide bonds. The molecule has 0 N–H and O–H groups in total. The van der Waals surface area contributed by atoms with E-state index in [9.17, 15) is 0 Å². The number of hydrogen-bond acceptors (Lipinski definition) is 3. The molecule has 0 saturated carbocycles. The van der Waals surface area contributed by atoms with Crippen LogP contribution in [0, 0.1) is 5.92 Å². The zero-order chi connectivity index (χ0) is 13.5. The summed E-state index contributed by atoms with van der Waals surface area (Å²) < 4.78 is 10.9. The number of nitrogens with zero attached hydrogens (tertiary/aromatic N) is 1. The minimum absolute atomic E-state index is 0.525. The maximum atomic E-state index is 5.61. The second kappa shape index (κ2) is 6.98. The molecule has 0 radical (unpaired) electrons. The van der Waals surface area contributed by atoms with E-state index in [1.807, 2.05) is 36.4 Å². The summed E-state index contributed by atoms with van der Waals surface area (Å²) in [5.74, 6) is 2.10. The van der Waals surface area contributed by atoms with Crippen molar-refractivity contribution in [2.75, 3.05) is 0 Å². The molecular formula is C16H21NO2. The molecule has 0 aliphatic carbocycles. The van der Waals surface area contributed by atoms with Gasteiger partial charge < -0.3 is 9.26 Å². The van der Waals surface area contributed by atoms with E-state index in [2.05, 4.69) is 19.0 Å². The molecule has 102 valence electrons. The summed E-state index contributed by atoms with van der Waals surface area (Å²) in [4.78, 5) is 0. The Morgan fingerprint density at radius 3 is 2.79 bits per heavy atom. The molecule has 2 aromatic rings. The zero-order valence-corrected chi connectivity index (χ0v) is 11.6. The van der Waals surface area contributed by atoms with Gasteiger partial charge in [-0.25, -0.2) is 0 Å². The van der Waals surface area contributed by atoms with E-state index >= 15 is 0 Å². The first-order valence-corrected chi connectivity index (χ1v) is 6.90. The second-order valence-electron chi connectivity index (χ2n) is 5.00. The standard InChI is InChI=1S/C16H21NO2/c1-3-7-13(2)10-15-11-16(17-19-15)18-12-14-8-5-4-6-9-14/h4-6,8-9,11,13H,3,7,10,12H2,1-2H3. The van der Waals surface area contributed by atoms with Crippen molar-refractivity contribution in [3.05, 3.63) is 47.7 Å². The van der Waals surface area contributed by atoms with Gasteiger partial charge >= 0.3 is 0 Å². The molecule has 1 aromatic heterocycles. The lowest BCUT2D eigenvalue weighted by atomic mass is 10.0. The largest absolute Gasteiger partial charge is 0.471 e. The highest BCUT2D eigenvalue weighted by molar-refractivity contribution is 5.16. The predicted molar refractivity (Wildman–Crippen MR) is 75.1 cm³/mol. The van der Waals surface area contributed by atoms with Gasteiger partial charge in [0.2, 0.25) is 0 Å². The monoisotopic (exact) mass is 259 g/mol. The lowest BCUT2D eigenvalue weighted by molar-refractivity contribution is 0.264. The maximum Gasteiger partial charge on any atom is 0.254 e. The highest BCUT2D eigenvalue weighted by Crippen LogP contribution is 2.18. The van der Waals surface area contributed by atoms with Gasteiger partial charge in [-0.2, -0.15) is 0 Å². The van der Waals surface area contributed by atoms with Gasteiger partial charge in [-0.1, -0.05) is 57.0 Å². The lowest BCUT2D eigenvalue weighted by Crippen LogP contribution is -1.97. The summed E-state index contributed by atoms with van der Waals surface area (Å²) in [6.07, 6.45) is 3.34. The Morgan fingerprint density at radius 1 is 1.26 bits per heavy atom. The van der Waals surface area contributed by atoms with Crippen LogP contribution in [0.25, 0.3) is 0 Å². The molecule has 1 atom stereocenters. The SMILES string of the molecule is CCCC(C)Cc1cc(OCc2ccccc2)no1. The minimum atomic E-state index is 0.525. The van der Waals surface area contributed by atoms with Crippen molar-refractivity contribution < 1.29 is 9.26 Å². The van der Waals surface area contributed by atoms with E-state index < -0.39 is 0 Å². The third-order valence-corrected chi connectivity index (χ3v) is 3.10. The molecule has 0 bridgehead atoms. The van der Waals surface area contributed by atoms with E-state index in [0.29, 0.717) is 18.4 Å². The fourth-order valence-corrected chi connectivity index (χ4v) is 2.13. The number of benzene rings is 1. The third kappa shape index (κ3) is 4.43. The van der Waals surface area contributed by atoms with Gasteiger partial charge in [0, 0.05) is 12.5 Å². The fraction of sp³-hybridized carbons (Fsp3) is 0.438. The number of rotatable bonds is 7. The molecule has 3 heteroatoms. The molecule has 1 unspecified atom stereocenters. The average molecular weight is 259 g/mol. The van der Waals surface area contributed by atoms with Gasteiger partial charge in [-0.05, 0) is 16.6 Å². The zero-order valence-electron chi connectivity index (χ0n) is 11.6. The van der Waals surface area contributed by atoms with Gasteiger partial charge in [-0.15, -0.1) is 0 Å². The highest BCUT2D eigenvalue weighted by Gasteiger charge is 2.09. The summed E-state index contributed by atoms with van der Waals surface area (Å²) in [6, 6.07) is 12.0. The van der Waals surface area contributed by atoms with Gasteiger partial charge in [0.1, 0.15) is 12.4 Å². The van der Waals surface area contributed by atoms with Crippen LogP contribution in [0.4, 0.5) is 0 Å². The molecule has 1 aromatic carbocycles. The molecule has 0 saturated heterocycles. The first kappa shape index (κ1) is 13.7. The molecule has 0 aliphatic heterocycles. The van der Waals surface area contributed by atoms with Crippen molar-refractivity contribution in [1.82, 2.24) is 5.16 Å². The molecular weight excluding hydrogens is 238 g/mol. The van der Waals surface area contributed by atoms with Crippen molar-refractivity contribution in [3.8, 4) is 5.88 Å². The first-order chi connectivity index (χ1) is 9.28. The van der Waals surface area contributed by atoms with Crippen molar-refractivity contribution in [2.45, 2.75) is 39.7 Å². The number of hydrogen-bond donors (Lipinski definition) is 0. The molecule has 19 heavy (non-hydrogen) atoms. The predicted octanol–water partition coefficient (Wildman–Crippen LogP) is 4.23. The smallest absolute Gasteiger partial charge is 0.254 e. The molecule has 2 rings (SSSR count). The molecule has 3 nitrogen and oxygen atoms in total. The van der Waals surface area contributed by atoms with E-state index in [4.69, 9.17) is 9.26 Å². The minimum Gasteiger partial charge on any atom is -0.471 e. The Hall–Kier alpha value is -1.77. The van der Waals surface area contributed by atoms with Crippen LogP contribution in [-0.4, -0.2) is 5.16 Å². The van der Waals surface area contributed by atoms with E-state index in [0.717, 1.165) is 17.7 Å². The van der Waals surface area contributed by atoms with Crippen LogP contribution < -0.4 is 4.74 Å². The number of ether oxygens (including phenoxy) is 1. The van der Waals surface area contributed by atoms with Gasteiger partial charge in [0.05, 0.1) is 0 Å². The first-order valence-electron chi connectivity index (χ1n) is 6.90. The van der Waals surface area contributed by atoms with Gasteiger partial charge in [-0.3, -0.25) is 0 Å². The topological polar surface area (TPSA) is 35.3 Å². The number of aromatic nitrogens is 1. The van der Waals surface area contributed by atoms with Gasteiger partial charge in [0.25, 0.3) is 5.88 Å². The Bertz CT molecular complexity index is 479. The van der Waals surface area contributed by atoms with Crippen LogP contribution in [0.2, 0.25) is 0 Å². The lowest BCUT2D eigenvalue weighted by Gasteiger charge is -2.05. The van der Waals surface area contributed by atoms with Crippen LogP contribution in [0.3, 0.4) is 0 Å². The molecule has 1 heterocycles. The Kier molecular flexibility index (Phi) is 5.01. The summed E-state index contributed by atoms with van der Waals surface area (Å²) in [7, 11) is 0. The summed E-state index contributed by atoms with van der Waals surface area (Å²) in [6.45, 7) is 4.96. The van der Waals surface area contributed by atoms with Crippen molar-refractivity contribution in [1.29, 1.82) is 0 Å². The molecule has 0 fully saturated rings. The van der Waals surface area contributed by atoms with Crippen molar-refractivity contribution in [3.63, 3.8) is 0 Å². The van der Waals surface area contributed by atoms with E-state index in [-0.39, 0.29) is 0 Å². The highest BCUT2D eigenvalue weighted by atomic mass is 16.5. The fourth-order valence-electron chi connectivity index (χ4n) is 2.13. The van der Waals surface area contributed by atoms with Crippen LogP contribution >= 0.6 is 0 Å². The van der Waals surface area contributed by atoms with E-state index in [1.54, 1.807) is 0 Å². The molecule has 0 spiro atoms. The third-order valence-electron chi connectivity index (χ3n) is 3.10. The van der Waals surface area contributed by atoms with E-state index in [1.165, 1.54) is 12.8 Å². The molecule has 0 aliphatic rings. The normalized spacial score (nSPS) is 12.3. The Morgan fingerprint density at radius 2 is 2.05 bits per heavy atom. The van der Waals surface area contributed by atoms with Crippen molar-refractivity contribution in [2.24, 2.45) is 5.92 Å². The quantitative estimate of drug-likeness (QED) is 0.746. The Labute approximate surface area is 114 Å². The summed E-state index contributed by atoms with van der Waals surface area (Å²) >= 11 is 0. The van der Waals surface area contributed by atoms with Gasteiger partial charge in [0.15, 0.2) is 0 Å². The van der Waals surface area contributed by atoms with Crippen LogP contribution in [-0.2, 0) is 13.0 Å². The van der Waals surface area contributed by atoms with Crippen molar-refractivity contribution >= 4 is 0 Å². The van der Waals surface area contributed by atoms with Crippen LogP contribution in [0.15, 0.2) is 40.9 Å². The van der Waals surface area contributed by atoms with Crippen LogP contribution in [0.1, 0.15) is 38.0 Å².